The van der Waals surface area contributed by atoms with Gasteiger partial charge in [-0.1, -0.05) is 11.6 Å². The molecule has 2 N–H and O–H groups in total. The van der Waals surface area contributed by atoms with Gasteiger partial charge in [0.15, 0.2) is 5.15 Å². The van der Waals surface area contributed by atoms with E-state index in [1.165, 1.54) is 13.2 Å². The predicted octanol–water partition coefficient (Wildman–Crippen LogP) is 3.74. The van der Waals surface area contributed by atoms with Gasteiger partial charge in [-0.15, -0.1) is 0 Å². The number of nitrogens with one attached hydrogen (secondary N) is 2. The minimum Gasteiger partial charge on any atom is -0.372 e. The molecule has 0 spiro atoms. The number of alkyl halides is 4. The molecule has 0 atom stereocenters. The average molecular weight is 422 g/mol. The van der Waals surface area contributed by atoms with Crippen LogP contribution in [0.3, 0.4) is 0 Å². The summed E-state index contributed by atoms with van der Waals surface area (Å²) in [6.07, 6.45) is -0.810. The van der Waals surface area contributed by atoms with Crippen LogP contribution in [0, 0.1) is 0 Å². The molecule has 0 radical (unpaired) electrons. The summed E-state index contributed by atoms with van der Waals surface area (Å²) in [4.78, 5) is 9.62. The third-order valence-corrected chi connectivity index (χ3v) is 4.99. The van der Waals surface area contributed by atoms with Crippen molar-refractivity contribution in [1.29, 1.82) is 0 Å². The van der Waals surface area contributed by atoms with E-state index in [-0.39, 0.29) is 24.5 Å². The molecular weight excluding hydrogens is 402 g/mol. The number of anilines is 3. The van der Waals surface area contributed by atoms with E-state index in [4.69, 9.17) is 11.6 Å². The first-order valence-corrected chi connectivity index (χ1v) is 9.11. The molecule has 0 amide bonds. The van der Waals surface area contributed by atoms with Gasteiger partial charge < -0.3 is 15.5 Å². The number of halogens is 5. The molecule has 154 valence electrons. The predicted molar refractivity (Wildman–Crippen MR) is 97.8 cm³/mol. The van der Waals surface area contributed by atoms with E-state index in [1.54, 1.807) is 4.68 Å². The number of rotatable bonds is 6. The van der Waals surface area contributed by atoms with Crippen LogP contribution in [0.25, 0.3) is 0 Å². The van der Waals surface area contributed by atoms with Crippen LogP contribution in [-0.2, 0) is 6.18 Å². The topological polar surface area (TPSA) is 70.9 Å². The molecule has 28 heavy (non-hydrogen) atoms. The zero-order valence-electron chi connectivity index (χ0n) is 15.1. The van der Waals surface area contributed by atoms with Crippen molar-refractivity contribution in [3.8, 4) is 0 Å². The Hall–Kier alpha value is -2.14. The summed E-state index contributed by atoms with van der Waals surface area (Å²) in [6, 6.07) is 0.0697. The summed E-state index contributed by atoms with van der Waals surface area (Å²) in [7, 11) is 1.35. The third-order valence-electron chi connectivity index (χ3n) is 4.62. The second-order valence-electron chi connectivity index (χ2n) is 6.38. The number of hydrogen-bond acceptors (Lipinski definition) is 6. The van der Waals surface area contributed by atoms with Crippen LogP contribution in [0.5, 0.6) is 0 Å². The Bertz CT molecular complexity index is 803. The van der Waals surface area contributed by atoms with Crippen molar-refractivity contribution < 1.29 is 17.6 Å². The second kappa shape index (κ2) is 8.48. The summed E-state index contributed by atoms with van der Waals surface area (Å²) < 4.78 is 52.9. The lowest BCUT2D eigenvalue weighted by Gasteiger charge is -2.31. The van der Waals surface area contributed by atoms with Crippen molar-refractivity contribution in [2.75, 3.05) is 44.0 Å². The van der Waals surface area contributed by atoms with E-state index in [0.29, 0.717) is 23.6 Å². The van der Waals surface area contributed by atoms with Crippen LogP contribution >= 0.6 is 11.6 Å². The normalized spacial score (nSPS) is 16.4. The molecule has 0 unspecified atom stereocenters. The smallest absolute Gasteiger partial charge is 0.372 e. The summed E-state index contributed by atoms with van der Waals surface area (Å²) in [5.74, 6) is -0.370. The molecule has 7 nitrogen and oxygen atoms in total. The maximum absolute atomic E-state index is 12.9. The summed E-state index contributed by atoms with van der Waals surface area (Å²) in [5.41, 5.74) is -0.558. The van der Waals surface area contributed by atoms with E-state index < -0.39 is 11.7 Å². The zero-order valence-corrected chi connectivity index (χ0v) is 15.9. The van der Waals surface area contributed by atoms with Gasteiger partial charge in [0, 0.05) is 32.9 Å². The molecule has 3 rings (SSSR count). The first kappa shape index (κ1) is 20.6. The second-order valence-corrected chi connectivity index (χ2v) is 6.74. The molecule has 3 heterocycles. The summed E-state index contributed by atoms with van der Waals surface area (Å²) in [6.45, 7) is 1.55. The van der Waals surface area contributed by atoms with Crippen LogP contribution in [-0.4, -0.2) is 58.0 Å². The van der Waals surface area contributed by atoms with Crippen molar-refractivity contribution in [2.45, 2.75) is 25.1 Å². The van der Waals surface area contributed by atoms with Crippen molar-refractivity contribution in [3.05, 3.63) is 23.1 Å². The van der Waals surface area contributed by atoms with Crippen molar-refractivity contribution >= 4 is 29.1 Å². The minimum absolute atomic E-state index is 0.0310. The van der Waals surface area contributed by atoms with Gasteiger partial charge in [-0.25, -0.2) is 14.1 Å². The molecule has 1 fully saturated rings. The third kappa shape index (κ3) is 4.46. The molecule has 0 aliphatic carbocycles. The average Bonchev–Trinajstić information content (AvgIpc) is 3.02. The highest BCUT2D eigenvalue weighted by atomic mass is 35.5. The number of hydrogen-bond donors (Lipinski definition) is 2. The van der Waals surface area contributed by atoms with Crippen LogP contribution in [0.4, 0.5) is 35.0 Å². The summed E-state index contributed by atoms with van der Waals surface area (Å²) in [5, 5.41) is 9.83. The van der Waals surface area contributed by atoms with E-state index in [2.05, 4.69) is 25.7 Å². The van der Waals surface area contributed by atoms with Gasteiger partial charge in [0.05, 0.1) is 17.9 Å². The van der Waals surface area contributed by atoms with E-state index in [1.807, 2.05) is 4.90 Å². The number of likely N-dealkylation sites (tertiary alicyclic amines) is 1. The summed E-state index contributed by atoms with van der Waals surface area (Å²) >= 11 is 6.40. The van der Waals surface area contributed by atoms with Crippen molar-refractivity contribution in [1.82, 2.24) is 24.6 Å². The maximum Gasteiger partial charge on any atom is 0.421 e. The molecule has 2 aromatic rings. The van der Waals surface area contributed by atoms with Crippen LogP contribution in [0.15, 0.2) is 12.4 Å². The monoisotopic (exact) mass is 421 g/mol. The Labute approximate surface area is 164 Å². The molecule has 1 saturated heterocycles. The Morgan fingerprint density at radius 2 is 1.96 bits per heavy atom. The number of nitrogens with zero attached hydrogens (tertiary/aromatic N) is 5. The molecule has 2 aromatic heterocycles. The van der Waals surface area contributed by atoms with Gasteiger partial charge in [0.25, 0.3) is 0 Å². The largest absolute Gasteiger partial charge is 0.421 e. The fourth-order valence-electron chi connectivity index (χ4n) is 3.15. The van der Waals surface area contributed by atoms with Crippen molar-refractivity contribution in [3.63, 3.8) is 0 Å². The van der Waals surface area contributed by atoms with Crippen LogP contribution in [0.1, 0.15) is 24.4 Å². The van der Waals surface area contributed by atoms with E-state index in [9.17, 15) is 17.6 Å². The highest BCUT2D eigenvalue weighted by Crippen LogP contribution is 2.35. The Morgan fingerprint density at radius 3 is 2.57 bits per heavy atom. The van der Waals surface area contributed by atoms with Gasteiger partial charge in [-0.05, 0) is 12.8 Å². The fourth-order valence-corrected chi connectivity index (χ4v) is 3.43. The lowest BCUT2D eigenvalue weighted by atomic mass is 10.1. The van der Waals surface area contributed by atoms with Crippen LogP contribution in [0.2, 0.25) is 5.15 Å². The van der Waals surface area contributed by atoms with Gasteiger partial charge >= 0.3 is 6.18 Å². The van der Waals surface area contributed by atoms with Gasteiger partial charge in [-0.2, -0.15) is 23.3 Å². The highest BCUT2D eigenvalue weighted by molar-refractivity contribution is 6.32. The fraction of sp³-hybridized carbons (Fsp3) is 0.562. The highest BCUT2D eigenvalue weighted by Gasteiger charge is 2.35. The quantitative estimate of drug-likeness (QED) is 0.692. The lowest BCUT2D eigenvalue weighted by Crippen LogP contribution is -2.36. The molecule has 12 heteroatoms. The molecule has 1 aliphatic rings. The van der Waals surface area contributed by atoms with Gasteiger partial charge in [0.2, 0.25) is 5.95 Å². The van der Waals surface area contributed by atoms with E-state index in [0.717, 1.165) is 25.9 Å². The minimum atomic E-state index is -4.56. The Morgan fingerprint density at radius 1 is 1.25 bits per heavy atom. The number of piperidine rings is 1. The molecule has 0 saturated carbocycles. The Kier molecular flexibility index (Phi) is 6.23. The zero-order chi connectivity index (χ0) is 20.3. The molecule has 1 aliphatic heterocycles. The van der Waals surface area contributed by atoms with E-state index >= 15 is 0 Å². The number of aromatic nitrogens is 4. The van der Waals surface area contributed by atoms with Crippen LogP contribution < -0.4 is 10.6 Å². The molecule has 0 aromatic carbocycles. The molecule has 0 bridgehead atoms. The first-order valence-electron chi connectivity index (χ1n) is 8.73. The van der Waals surface area contributed by atoms with Gasteiger partial charge in [0.1, 0.15) is 18.1 Å². The standard InChI is InChI=1S/C16H20ClF4N7/c1-22-14-11(16(19,20)21)8-23-15(26-14)25-12-9-24-28(13(12)17)10-2-5-27(6-3-10)7-4-18/h8-10H,2-7H2,1H3,(H2,22,23,25,26). The molecular formula is C16H20ClF4N7. The van der Waals surface area contributed by atoms with Crippen molar-refractivity contribution in [2.24, 2.45) is 0 Å². The first-order chi connectivity index (χ1) is 13.3. The lowest BCUT2D eigenvalue weighted by molar-refractivity contribution is -0.137. The van der Waals surface area contributed by atoms with Gasteiger partial charge in [-0.3, -0.25) is 0 Å². The SMILES string of the molecule is CNc1nc(Nc2cnn(C3CCN(CCF)CC3)c2Cl)ncc1C(F)(F)F. The maximum atomic E-state index is 12.9. The Balaban J connectivity index is 1.73.